The average Bonchev–Trinajstić information content (AvgIpc) is 2.85. The topological polar surface area (TPSA) is 128 Å². The molecule has 0 unspecified atom stereocenters. The van der Waals surface area contributed by atoms with Crippen molar-refractivity contribution in [1.29, 1.82) is 0 Å². The van der Waals surface area contributed by atoms with Gasteiger partial charge in [-0.2, -0.15) is 8.42 Å². The van der Waals surface area contributed by atoms with Crippen LogP contribution in [0.25, 0.3) is 0 Å². The Hall–Kier alpha value is -2.76. The maximum absolute atomic E-state index is 12.6. The minimum Gasteiger partial charge on any atom is -0.497 e. The van der Waals surface area contributed by atoms with Crippen molar-refractivity contribution in [1.82, 2.24) is 5.32 Å². The fourth-order valence-corrected chi connectivity index (χ4v) is 5.42. The highest BCUT2D eigenvalue weighted by atomic mass is 32.2. The molecule has 0 fully saturated rings. The molecule has 2 aromatic carbocycles. The maximum atomic E-state index is 12.6. The molecule has 0 aliphatic carbocycles. The quantitative estimate of drug-likeness (QED) is 0.326. The second kappa shape index (κ2) is 14.3. The second-order valence-corrected chi connectivity index (χ2v) is 12.5. The number of carboxylic acid groups (broad SMARTS) is 1. The molecular formula is C26H35NO8S2. The molecule has 11 heteroatoms. The van der Waals surface area contributed by atoms with E-state index in [-0.39, 0.29) is 25.0 Å². The van der Waals surface area contributed by atoms with Crippen LogP contribution >= 0.6 is 11.8 Å². The summed E-state index contributed by atoms with van der Waals surface area (Å²) >= 11 is 1.08. The van der Waals surface area contributed by atoms with E-state index in [1.54, 1.807) is 43.5 Å². The third-order valence-corrected chi connectivity index (χ3v) is 7.67. The first-order valence-electron chi connectivity index (χ1n) is 11.7. The number of hydrogen-bond acceptors (Lipinski definition) is 8. The van der Waals surface area contributed by atoms with Gasteiger partial charge in [-0.1, -0.05) is 63.2 Å². The number of nitrogens with one attached hydrogen (secondary N) is 1. The predicted molar refractivity (Wildman–Crippen MR) is 143 cm³/mol. The number of aliphatic carboxylic acids is 1. The van der Waals surface area contributed by atoms with Gasteiger partial charge in [0.15, 0.2) is 0 Å². The molecule has 0 saturated carbocycles. The monoisotopic (exact) mass is 553 g/mol. The Morgan fingerprint density at radius 3 is 2.24 bits per heavy atom. The smallest absolute Gasteiger partial charge is 0.407 e. The highest BCUT2D eigenvalue weighted by Crippen LogP contribution is 2.25. The molecule has 0 spiro atoms. The van der Waals surface area contributed by atoms with Gasteiger partial charge in [-0.05, 0) is 35.1 Å². The zero-order valence-electron chi connectivity index (χ0n) is 21.5. The Morgan fingerprint density at radius 1 is 1.03 bits per heavy atom. The van der Waals surface area contributed by atoms with Crippen LogP contribution in [-0.2, 0) is 36.2 Å². The summed E-state index contributed by atoms with van der Waals surface area (Å²) in [6.07, 6.45) is -1.00. The number of amides is 1. The van der Waals surface area contributed by atoms with Gasteiger partial charge in [0.1, 0.15) is 17.6 Å². The number of methoxy groups -OCH3 is 1. The van der Waals surface area contributed by atoms with E-state index in [4.69, 9.17) is 13.7 Å². The van der Waals surface area contributed by atoms with Crippen LogP contribution < -0.4 is 10.1 Å². The van der Waals surface area contributed by atoms with Crippen molar-refractivity contribution in [3.63, 3.8) is 0 Å². The van der Waals surface area contributed by atoms with Crippen LogP contribution in [-0.4, -0.2) is 56.3 Å². The number of carboxylic acids is 1. The van der Waals surface area contributed by atoms with Crippen LogP contribution in [0.3, 0.4) is 0 Å². The number of ether oxygens (including phenoxy) is 2. The van der Waals surface area contributed by atoms with Crippen LogP contribution in [0.2, 0.25) is 0 Å². The SMILES string of the molecule is COc1ccc(CS[C@H](C(=O)O)[C@H](CCS(=O)(=O)OCC(C)(C)C)NC(=O)OCc2ccccc2)cc1. The summed E-state index contributed by atoms with van der Waals surface area (Å²) in [6, 6.07) is 15.1. The van der Waals surface area contributed by atoms with Crippen molar-refractivity contribution in [2.45, 2.75) is 50.8 Å². The molecular weight excluding hydrogens is 518 g/mol. The molecule has 0 aromatic heterocycles. The molecule has 37 heavy (non-hydrogen) atoms. The van der Waals surface area contributed by atoms with Gasteiger partial charge >= 0.3 is 12.1 Å². The third-order valence-electron chi connectivity index (χ3n) is 5.06. The molecule has 2 rings (SSSR count). The van der Waals surface area contributed by atoms with Crippen LogP contribution in [0.1, 0.15) is 38.3 Å². The van der Waals surface area contributed by atoms with Gasteiger partial charge in [-0.15, -0.1) is 11.8 Å². The summed E-state index contributed by atoms with van der Waals surface area (Å²) in [4.78, 5) is 24.7. The van der Waals surface area contributed by atoms with Crippen molar-refractivity contribution >= 4 is 33.9 Å². The highest BCUT2D eigenvalue weighted by Gasteiger charge is 2.32. The zero-order valence-corrected chi connectivity index (χ0v) is 23.1. The molecule has 9 nitrogen and oxygen atoms in total. The number of carbonyl (C=O) groups is 2. The molecule has 0 saturated heterocycles. The van der Waals surface area contributed by atoms with Crippen molar-refractivity contribution in [3.8, 4) is 5.75 Å². The van der Waals surface area contributed by atoms with Gasteiger partial charge in [0.2, 0.25) is 0 Å². The Balaban J connectivity index is 2.12. The summed E-state index contributed by atoms with van der Waals surface area (Å²) in [7, 11) is -2.39. The fraction of sp³-hybridized carbons (Fsp3) is 0.462. The first-order valence-corrected chi connectivity index (χ1v) is 14.3. The van der Waals surface area contributed by atoms with Crippen LogP contribution in [0.15, 0.2) is 54.6 Å². The summed E-state index contributed by atoms with van der Waals surface area (Å²) in [5.74, 6) is -0.644. The number of rotatable bonds is 14. The van der Waals surface area contributed by atoms with Crippen molar-refractivity contribution in [2.75, 3.05) is 19.5 Å². The normalized spacial score (nSPS) is 13.4. The molecule has 0 radical (unpaired) electrons. The second-order valence-electron chi connectivity index (χ2n) is 9.60. The summed E-state index contributed by atoms with van der Waals surface area (Å²) < 4.78 is 40.5. The molecule has 2 atom stereocenters. The summed E-state index contributed by atoms with van der Waals surface area (Å²) in [5, 5.41) is 11.4. The largest absolute Gasteiger partial charge is 0.497 e. The molecule has 0 aliphatic heterocycles. The van der Waals surface area contributed by atoms with Gasteiger partial charge < -0.3 is 19.9 Å². The molecule has 0 heterocycles. The number of carbonyl (C=O) groups excluding carboxylic acids is 1. The van der Waals surface area contributed by atoms with E-state index in [0.717, 1.165) is 22.9 Å². The van der Waals surface area contributed by atoms with Gasteiger partial charge in [-0.25, -0.2) is 4.79 Å². The average molecular weight is 554 g/mol. The first kappa shape index (κ1) is 30.5. The standard InChI is InChI=1S/C26H35NO8S2/c1-26(2,3)18-35-37(31,32)15-14-22(27-25(30)34-16-19-8-6-5-7-9-19)23(24(28)29)36-17-20-10-12-21(33-4)13-11-20/h5-13,22-23H,14-18H2,1-4H3,(H,27,30)(H,28,29)/t22-,23-/m0/s1. The van der Waals surface area contributed by atoms with Crippen molar-refractivity contribution in [3.05, 3.63) is 65.7 Å². The molecule has 2 aromatic rings. The minimum absolute atomic E-state index is 0.0108. The lowest BCUT2D eigenvalue weighted by atomic mass is 9.99. The number of alkyl carbamates (subject to hydrolysis) is 1. The maximum Gasteiger partial charge on any atom is 0.407 e. The van der Waals surface area contributed by atoms with E-state index in [1.807, 2.05) is 39.0 Å². The van der Waals surface area contributed by atoms with E-state index < -0.39 is 39.2 Å². The van der Waals surface area contributed by atoms with E-state index in [0.29, 0.717) is 11.5 Å². The predicted octanol–water partition coefficient (Wildman–Crippen LogP) is 4.46. The molecule has 204 valence electrons. The molecule has 0 bridgehead atoms. The molecule has 1 amide bonds. The van der Waals surface area contributed by atoms with E-state index >= 15 is 0 Å². The lowest BCUT2D eigenvalue weighted by molar-refractivity contribution is -0.136. The van der Waals surface area contributed by atoms with Crippen LogP contribution in [0.4, 0.5) is 4.79 Å². The first-order chi connectivity index (χ1) is 17.4. The lowest BCUT2D eigenvalue weighted by Crippen LogP contribution is -2.46. The summed E-state index contributed by atoms with van der Waals surface area (Å²) in [6.45, 7) is 5.49. The van der Waals surface area contributed by atoms with Gasteiger partial charge in [0.05, 0.1) is 25.5 Å². The number of thioether (sulfide) groups is 1. The number of benzene rings is 2. The Kier molecular flexibility index (Phi) is 11.7. The Morgan fingerprint density at radius 2 is 1.68 bits per heavy atom. The van der Waals surface area contributed by atoms with Crippen LogP contribution in [0, 0.1) is 5.41 Å². The molecule has 0 aliphatic rings. The van der Waals surface area contributed by atoms with Gasteiger partial charge in [0, 0.05) is 5.75 Å². The van der Waals surface area contributed by atoms with Gasteiger partial charge in [-0.3, -0.25) is 8.98 Å². The lowest BCUT2D eigenvalue weighted by Gasteiger charge is -2.25. The summed E-state index contributed by atoms with van der Waals surface area (Å²) in [5.41, 5.74) is 1.24. The van der Waals surface area contributed by atoms with Crippen LogP contribution in [0.5, 0.6) is 5.75 Å². The number of hydrogen-bond donors (Lipinski definition) is 2. The van der Waals surface area contributed by atoms with Crippen molar-refractivity contribution in [2.24, 2.45) is 5.41 Å². The molecule has 2 N–H and O–H groups in total. The highest BCUT2D eigenvalue weighted by molar-refractivity contribution is 7.99. The van der Waals surface area contributed by atoms with E-state index in [2.05, 4.69) is 5.32 Å². The minimum atomic E-state index is -3.94. The van der Waals surface area contributed by atoms with Gasteiger partial charge in [0.25, 0.3) is 10.1 Å². The van der Waals surface area contributed by atoms with Crippen molar-refractivity contribution < 1.29 is 36.8 Å². The Labute approximate surface area is 223 Å². The van der Waals surface area contributed by atoms with E-state index in [1.165, 1.54) is 0 Å². The Bertz CT molecular complexity index is 1100. The third kappa shape index (κ3) is 11.9. The zero-order chi connectivity index (χ0) is 27.5. The fourth-order valence-electron chi connectivity index (χ4n) is 3.08. The van der Waals surface area contributed by atoms with E-state index in [9.17, 15) is 23.1 Å².